The molecule has 0 bridgehead atoms. The van der Waals surface area contributed by atoms with Gasteiger partial charge in [-0.05, 0) is 43.4 Å². The van der Waals surface area contributed by atoms with Crippen molar-refractivity contribution in [3.05, 3.63) is 30.1 Å². The van der Waals surface area contributed by atoms with Crippen LogP contribution >= 0.6 is 24.0 Å². The maximum absolute atomic E-state index is 4.33. The van der Waals surface area contributed by atoms with Crippen molar-refractivity contribution in [2.24, 2.45) is 16.8 Å². The van der Waals surface area contributed by atoms with Gasteiger partial charge in [0.2, 0.25) is 0 Å². The monoisotopic (exact) mass is 459 g/mol. The van der Waals surface area contributed by atoms with Gasteiger partial charge in [-0.1, -0.05) is 19.9 Å². The summed E-state index contributed by atoms with van der Waals surface area (Å²) in [5.41, 5.74) is 1.11. The van der Waals surface area contributed by atoms with Crippen LogP contribution in [-0.4, -0.2) is 55.6 Å². The number of nitrogens with zero attached hydrogens (tertiary/aromatic N) is 3. The van der Waals surface area contributed by atoms with Gasteiger partial charge >= 0.3 is 0 Å². The van der Waals surface area contributed by atoms with Gasteiger partial charge in [0.05, 0.1) is 0 Å². The molecule has 0 saturated carbocycles. The van der Waals surface area contributed by atoms with Crippen molar-refractivity contribution in [1.82, 2.24) is 20.5 Å². The Hall–Kier alpha value is -0.890. The third kappa shape index (κ3) is 8.85. The lowest BCUT2D eigenvalue weighted by atomic mass is 9.92. The fourth-order valence-electron chi connectivity index (χ4n) is 3.56. The number of aliphatic imine (C=N–C) groups is 1. The minimum atomic E-state index is 0. The topological polar surface area (TPSA) is 52.6 Å². The largest absolute Gasteiger partial charge is 0.356 e. The van der Waals surface area contributed by atoms with Crippen LogP contribution < -0.4 is 10.6 Å². The predicted molar refractivity (Wildman–Crippen MR) is 117 cm³/mol. The van der Waals surface area contributed by atoms with Crippen molar-refractivity contribution in [2.75, 3.05) is 39.8 Å². The third-order valence-corrected chi connectivity index (χ3v) is 4.51. The first kappa shape index (κ1) is 22.2. The molecule has 1 aromatic heterocycles. The second kappa shape index (κ2) is 12.5. The van der Waals surface area contributed by atoms with Crippen LogP contribution in [0.1, 0.15) is 32.4 Å². The SMILES string of the molecule is CN=C(NCCCN1CC(C)CC(C)C1)NCCc1ccccn1.I. The number of halogens is 1. The zero-order valence-corrected chi connectivity index (χ0v) is 18.2. The van der Waals surface area contributed by atoms with Crippen LogP contribution in [0, 0.1) is 11.8 Å². The summed E-state index contributed by atoms with van der Waals surface area (Å²) in [4.78, 5) is 11.2. The minimum Gasteiger partial charge on any atom is -0.356 e. The highest BCUT2D eigenvalue weighted by atomic mass is 127. The molecule has 2 N–H and O–H groups in total. The first-order valence-electron chi connectivity index (χ1n) is 9.24. The molecule has 0 aliphatic carbocycles. The number of rotatable bonds is 7. The molecule has 25 heavy (non-hydrogen) atoms. The molecule has 2 rings (SSSR count). The van der Waals surface area contributed by atoms with E-state index >= 15 is 0 Å². The molecule has 2 heterocycles. The van der Waals surface area contributed by atoms with Gasteiger partial charge in [-0.25, -0.2) is 0 Å². The lowest BCUT2D eigenvalue weighted by Gasteiger charge is -2.35. The van der Waals surface area contributed by atoms with Crippen molar-refractivity contribution < 1.29 is 0 Å². The molecule has 0 aromatic carbocycles. The average molecular weight is 459 g/mol. The van der Waals surface area contributed by atoms with Crippen molar-refractivity contribution in [2.45, 2.75) is 33.1 Å². The van der Waals surface area contributed by atoms with Gasteiger partial charge in [0.15, 0.2) is 5.96 Å². The Bertz CT molecular complexity index is 484. The van der Waals surface area contributed by atoms with Crippen LogP contribution in [0.2, 0.25) is 0 Å². The molecule has 142 valence electrons. The first-order chi connectivity index (χ1) is 11.7. The normalized spacial score (nSPS) is 21.5. The summed E-state index contributed by atoms with van der Waals surface area (Å²) in [6, 6.07) is 6.03. The minimum absolute atomic E-state index is 0. The van der Waals surface area contributed by atoms with E-state index in [1.807, 2.05) is 25.4 Å². The molecule has 5 nitrogen and oxygen atoms in total. The number of hydrogen-bond acceptors (Lipinski definition) is 3. The van der Waals surface area contributed by atoms with Crippen LogP contribution in [0.3, 0.4) is 0 Å². The van der Waals surface area contributed by atoms with Crippen LogP contribution in [0.5, 0.6) is 0 Å². The molecule has 0 radical (unpaired) electrons. The van der Waals surface area contributed by atoms with Gasteiger partial charge in [0.25, 0.3) is 0 Å². The molecule has 2 unspecified atom stereocenters. The number of hydrogen-bond donors (Lipinski definition) is 2. The molecule has 1 aliphatic rings. The summed E-state index contributed by atoms with van der Waals surface area (Å²) in [6.45, 7) is 10.2. The van der Waals surface area contributed by atoms with E-state index in [9.17, 15) is 0 Å². The van der Waals surface area contributed by atoms with Gasteiger partial charge in [0.1, 0.15) is 0 Å². The van der Waals surface area contributed by atoms with Crippen LogP contribution in [0.25, 0.3) is 0 Å². The van der Waals surface area contributed by atoms with E-state index in [0.29, 0.717) is 0 Å². The number of aromatic nitrogens is 1. The van der Waals surface area contributed by atoms with E-state index < -0.39 is 0 Å². The van der Waals surface area contributed by atoms with Crippen molar-refractivity contribution in [3.8, 4) is 0 Å². The third-order valence-electron chi connectivity index (χ3n) is 4.51. The quantitative estimate of drug-likeness (QED) is 0.285. The lowest BCUT2D eigenvalue weighted by Crippen LogP contribution is -2.42. The predicted octanol–water partition coefficient (Wildman–Crippen LogP) is 2.78. The molecule has 1 aromatic rings. The Morgan fingerprint density at radius 1 is 1.20 bits per heavy atom. The van der Waals surface area contributed by atoms with Gasteiger partial charge < -0.3 is 15.5 Å². The molecule has 1 aliphatic heterocycles. The van der Waals surface area contributed by atoms with Crippen molar-refractivity contribution in [1.29, 1.82) is 0 Å². The zero-order chi connectivity index (χ0) is 17.2. The fourth-order valence-corrected chi connectivity index (χ4v) is 3.56. The van der Waals surface area contributed by atoms with Gasteiger partial charge in [-0.15, -0.1) is 24.0 Å². The summed E-state index contributed by atoms with van der Waals surface area (Å²) in [5, 5.41) is 6.77. The van der Waals surface area contributed by atoms with E-state index in [1.54, 1.807) is 0 Å². The molecule has 0 amide bonds. The van der Waals surface area contributed by atoms with Gasteiger partial charge in [-0.2, -0.15) is 0 Å². The summed E-state index contributed by atoms with van der Waals surface area (Å²) in [7, 11) is 1.82. The average Bonchev–Trinajstić information content (AvgIpc) is 2.57. The lowest BCUT2D eigenvalue weighted by molar-refractivity contribution is 0.140. The van der Waals surface area contributed by atoms with E-state index in [-0.39, 0.29) is 24.0 Å². The van der Waals surface area contributed by atoms with E-state index in [4.69, 9.17) is 0 Å². The maximum Gasteiger partial charge on any atom is 0.190 e. The Morgan fingerprint density at radius 2 is 1.92 bits per heavy atom. The molecule has 1 saturated heterocycles. The van der Waals surface area contributed by atoms with Gasteiger partial charge in [-0.3, -0.25) is 9.98 Å². The van der Waals surface area contributed by atoms with Crippen LogP contribution in [0.15, 0.2) is 29.4 Å². The van der Waals surface area contributed by atoms with Crippen LogP contribution in [0.4, 0.5) is 0 Å². The number of guanidine groups is 1. The molecular formula is C19H34IN5. The summed E-state index contributed by atoms with van der Waals surface area (Å²) in [5.74, 6) is 2.55. The van der Waals surface area contributed by atoms with Crippen molar-refractivity contribution in [3.63, 3.8) is 0 Å². The summed E-state index contributed by atoms with van der Waals surface area (Å²) in [6.07, 6.45) is 5.28. The number of nitrogens with one attached hydrogen (secondary N) is 2. The van der Waals surface area contributed by atoms with Crippen LogP contribution in [-0.2, 0) is 6.42 Å². The molecule has 6 heteroatoms. The number of piperidine rings is 1. The van der Waals surface area contributed by atoms with Gasteiger partial charge in [0, 0.05) is 51.5 Å². The maximum atomic E-state index is 4.33. The first-order valence-corrected chi connectivity index (χ1v) is 9.24. The summed E-state index contributed by atoms with van der Waals surface area (Å²) < 4.78 is 0. The van der Waals surface area contributed by atoms with E-state index in [1.165, 1.54) is 26.1 Å². The standard InChI is InChI=1S/C19H33N5.HI/c1-16-13-17(2)15-24(14-16)12-6-10-22-19(20-3)23-11-8-18-7-4-5-9-21-18;/h4-5,7,9,16-17H,6,8,10-15H2,1-3H3,(H2,20,22,23);1H. The highest BCUT2D eigenvalue weighted by molar-refractivity contribution is 14.0. The molecular weight excluding hydrogens is 425 g/mol. The van der Waals surface area contributed by atoms with Crippen molar-refractivity contribution >= 4 is 29.9 Å². The molecule has 2 atom stereocenters. The molecule has 1 fully saturated rings. The van der Waals surface area contributed by atoms with E-state index in [0.717, 1.165) is 49.4 Å². The highest BCUT2D eigenvalue weighted by Gasteiger charge is 2.20. The number of likely N-dealkylation sites (tertiary alicyclic amines) is 1. The Labute approximate surface area is 170 Å². The second-order valence-corrected chi connectivity index (χ2v) is 7.06. The molecule has 0 spiro atoms. The Kier molecular flexibility index (Phi) is 11.0. The van der Waals surface area contributed by atoms with E-state index in [2.05, 4.69) is 45.4 Å². The highest BCUT2D eigenvalue weighted by Crippen LogP contribution is 2.20. The number of pyridine rings is 1. The Balaban J connectivity index is 0.00000312. The second-order valence-electron chi connectivity index (χ2n) is 7.06. The Morgan fingerprint density at radius 3 is 2.56 bits per heavy atom. The zero-order valence-electron chi connectivity index (χ0n) is 15.9. The smallest absolute Gasteiger partial charge is 0.190 e. The summed E-state index contributed by atoms with van der Waals surface area (Å²) >= 11 is 0. The fraction of sp³-hybridized carbons (Fsp3) is 0.684.